The molecule has 6 heterocycles. The first kappa shape index (κ1) is 49.0. The molecule has 68 heavy (non-hydrogen) atoms. The van der Waals surface area contributed by atoms with E-state index >= 15 is 0 Å². The highest BCUT2D eigenvalue weighted by Gasteiger charge is 2.50. The number of likely N-dealkylation sites (tertiary alicyclic amines) is 1. The average Bonchev–Trinajstić information content (AvgIpc) is 3.68. The first-order chi connectivity index (χ1) is 32.4. The molecule has 3 unspecified atom stereocenters. The number of benzene rings is 3. The highest BCUT2D eigenvalue weighted by molar-refractivity contribution is 6.19. The number of hydroxylamine groups is 2. The van der Waals surface area contributed by atoms with Gasteiger partial charge in [-0.15, -0.1) is 0 Å². The Labute approximate surface area is 397 Å². The van der Waals surface area contributed by atoms with Gasteiger partial charge in [0.15, 0.2) is 11.4 Å². The molecule has 6 aliphatic heterocycles. The van der Waals surface area contributed by atoms with Crippen molar-refractivity contribution in [3.05, 3.63) is 88.1 Å². The minimum Gasteiger partial charge on any atom is -0.507 e. The number of allylic oxidation sites excluding steroid dienone is 3. The number of phenols is 2. The van der Waals surface area contributed by atoms with E-state index in [9.17, 15) is 34.4 Å². The lowest BCUT2D eigenvalue weighted by molar-refractivity contribution is -0.218. The van der Waals surface area contributed by atoms with Crippen LogP contribution in [0, 0.1) is 30.5 Å². The topological polar surface area (TPSA) is 189 Å². The van der Waals surface area contributed by atoms with E-state index in [0.29, 0.717) is 51.2 Å². The summed E-state index contributed by atoms with van der Waals surface area (Å²) in [5, 5.41) is 52.3. The molecule has 5 bridgehead atoms. The number of phenolic OH excluding ortho intramolecular Hbond substituents is 2. The Bertz CT molecular complexity index is 2630. The number of ether oxygens (including phenoxy) is 2. The number of piperidine rings is 1. The molecule has 3 aromatic rings. The minimum atomic E-state index is -1.87. The Morgan fingerprint density at radius 2 is 1.66 bits per heavy atom. The van der Waals surface area contributed by atoms with Crippen molar-refractivity contribution in [1.82, 2.24) is 9.96 Å². The van der Waals surface area contributed by atoms with E-state index in [-0.39, 0.29) is 67.6 Å². The number of fused-ring (bicyclic) bond motifs is 13. The molecule has 6 atom stereocenters. The van der Waals surface area contributed by atoms with Crippen LogP contribution in [0.25, 0.3) is 10.8 Å². The van der Waals surface area contributed by atoms with E-state index in [4.69, 9.17) is 24.3 Å². The normalized spacial score (nSPS) is 29.1. The number of rotatable bonds is 5. The van der Waals surface area contributed by atoms with E-state index in [1.54, 1.807) is 50.3 Å². The lowest BCUT2D eigenvalue weighted by Gasteiger charge is -2.36. The van der Waals surface area contributed by atoms with E-state index in [0.717, 1.165) is 38.3 Å². The Balaban J connectivity index is 1.14. The van der Waals surface area contributed by atoms with Crippen LogP contribution in [0.1, 0.15) is 96.0 Å². The van der Waals surface area contributed by atoms with Crippen molar-refractivity contribution in [2.24, 2.45) is 27.7 Å². The number of amides is 1. The van der Waals surface area contributed by atoms with Crippen LogP contribution in [0.2, 0.25) is 0 Å². The fourth-order valence-corrected chi connectivity index (χ4v) is 10.0. The molecule has 6 aliphatic rings. The number of ketones is 1. The Hall–Kier alpha value is -5.39. The second-order valence-corrected chi connectivity index (χ2v) is 19.9. The fraction of sp³-hybridized carbons (Fsp3) is 0.538. The van der Waals surface area contributed by atoms with Crippen LogP contribution in [0.4, 0.5) is 15.8 Å². The van der Waals surface area contributed by atoms with Gasteiger partial charge in [0.05, 0.1) is 40.9 Å². The van der Waals surface area contributed by atoms with E-state index < -0.39 is 59.0 Å². The van der Waals surface area contributed by atoms with Crippen molar-refractivity contribution in [2.75, 3.05) is 56.0 Å². The first-order valence-electron chi connectivity index (χ1n) is 24.2. The number of aliphatic hydroxyl groups is 2. The standard InChI is InChI=1S/C52H67FN6O9/c1-30(2)29-57-23-19-52(20-24-57)55-43-40-41-46(62)34(6)48-42(40)49(64)51(7,67-48)66-27-9-8-14-39(68-59-22-11-21-58(25-26-59)36-17-15-35(53)16-18-36)33(5)38(61)28-37(60)31(3)12-10-13-32(4)50(65)54-45(47(41)63)44(43)56-52/h9-10,12-13,15-18,27,30-31,33,37-39,60-63H,8,11,14,19-26,28-29H2,1-7H3,(H,54,65)/b12-10+,27-9+,32-13-/t31?,33-,37-,38?,39-,51?/m1/s1. The van der Waals surface area contributed by atoms with Crippen LogP contribution in [0.5, 0.6) is 17.2 Å². The molecule has 0 saturated carbocycles. The monoisotopic (exact) mass is 938 g/mol. The molecule has 2 fully saturated rings. The van der Waals surface area contributed by atoms with Gasteiger partial charge in [0.1, 0.15) is 28.4 Å². The van der Waals surface area contributed by atoms with Crippen LogP contribution < -0.4 is 25.7 Å². The van der Waals surface area contributed by atoms with Gasteiger partial charge in [-0.25, -0.2) is 4.39 Å². The van der Waals surface area contributed by atoms with Crippen LogP contribution in [-0.4, -0.2) is 118 Å². The SMILES string of the molecule is C/C1=C/C=C/C(C)[C@H](O)CC(O)[C@@H](C)[C@H](ON2CCCN(c3ccc(F)cc3)CC2)CC/C=C/OC2(C)Oc3c(C)c(O)c4c(O)c(c5c(c4c3C2=O)=NC2(CCN(CC(C)C)CC2)N=5)NC1=O. The van der Waals surface area contributed by atoms with Gasteiger partial charge in [-0.1, -0.05) is 45.9 Å². The van der Waals surface area contributed by atoms with Crippen molar-refractivity contribution in [1.29, 1.82) is 0 Å². The summed E-state index contributed by atoms with van der Waals surface area (Å²) in [5.41, 5.74) is 0.516. The number of nitrogens with zero attached hydrogens (tertiary/aromatic N) is 5. The molecule has 15 nitrogen and oxygen atoms in total. The van der Waals surface area contributed by atoms with E-state index in [1.165, 1.54) is 25.3 Å². The van der Waals surface area contributed by atoms with Gasteiger partial charge < -0.3 is 45.0 Å². The molecule has 5 N–H and O–H groups in total. The van der Waals surface area contributed by atoms with Crippen molar-refractivity contribution < 1.29 is 48.7 Å². The Morgan fingerprint density at radius 1 is 0.941 bits per heavy atom. The predicted octanol–water partition coefficient (Wildman–Crippen LogP) is 6.35. The molecule has 2 saturated heterocycles. The zero-order valence-corrected chi connectivity index (χ0v) is 40.3. The third-order valence-corrected chi connectivity index (χ3v) is 14.3. The van der Waals surface area contributed by atoms with E-state index in [1.807, 2.05) is 18.9 Å². The summed E-state index contributed by atoms with van der Waals surface area (Å²) in [6.45, 7) is 17.7. The van der Waals surface area contributed by atoms with Crippen LogP contribution in [0.15, 0.2) is 70.4 Å². The molecule has 1 spiro atoms. The second kappa shape index (κ2) is 19.9. The van der Waals surface area contributed by atoms with Gasteiger partial charge in [0.2, 0.25) is 0 Å². The first-order valence-corrected chi connectivity index (χ1v) is 24.2. The summed E-state index contributed by atoms with van der Waals surface area (Å²) in [6, 6.07) is 6.46. The van der Waals surface area contributed by atoms with Crippen molar-refractivity contribution in [2.45, 2.75) is 117 Å². The number of carbonyl (C=O) groups excluding carboxylic acids is 2. The summed E-state index contributed by atoms with van der Waals surface area (Å²) >= 11 is 0. The summed E-state index contributed by atoms with van der Waals surface area (Å²) < 4.78 is 26.2. The average molecular weight is 939 g/mol. The highest BCUT2D eigenvalue weighted by Crippen LogP contribution is 2.50. The summed E-state index contributed by atoms with van der Waals surface area (Å²) in [7, 11) is 0. The van der Waals surface area contributed by atoms with Gasteiger partial charge in [0.25, 0.3) is 11.7 Å². The molecular weight excluding hydrogens is 872 g/mol. The van der Waals surface area contributed by atoms with Gasteiger partial charge in [-0.05, 0) is 69.4 Å². The van der Waals surface area contributed by atoms with Crippen molar-refractivity contribution in [3.63, 3.8) is 0 Å². The molecule has 0 aliphatic carbocycles. The maximum absolute atomic E-state index is 14.8. The summed E-state index contributed by atoms with van der Waals surface area (Å²) in [6.07, 6.45) is 8.72. The maximum atomic E-state index is 14.8. The van der Waals surface area contributed by atoms with Crippen LogP contribution >= 0.6 is 0 Å². The molecule has 366 valence electrons. The lowest BCUT2D eigenvalue weighted by Crippen LogP contribution is -2.43. The number of aliphatic hydroxyl groups excluding tert-OH is 2. The van der Waals surface area contributed by atoms with Crippen molar-refractivity contribution in [3.8, 4) is 17.2 Å². The third kappa shape index (κ3) is 9.88. The summed E-state index contributed by atoms with van der Waals surface area (Å²) in [4.78, 5) is 50.3. The molecule has 16 heteroatoms. The molecular formula is C52H67FN6O9. The molecule has 0 aromatic heterocycles. The fourth-order valence-electron chi connectivity index (χ4n) is 10.0. The number of hydrogen-bond acceptors (Lipinski definition) is 14. The number of nitrogens with one attached hydrogen (secondary N) is 1. The lowest BCUT2D eigenvalue weighted by atomic mass is 9.88. The minimum absolute atomic E-state index is 0.0334. The Morgan fingerprint density at radius 3 is 2.38 bits per heavy atom. The number of anilines is 2. The Kier molecular flexibility index (Phi) is 14.4. The number of hydrogen-bond donors (Lipinski definition) is 5. The van der Waals surface area contributed by atoms with Gasteiger partial charge in [-0.3, -0.25) is 24.4 Å². The van der Waals surface area contributed by atoms with Crippen LogP contribution in [0.3, 0.4) is 0 Å². The molecule has 0 radical (unpaired) electrons. The van der Waals surface area contributed by atoms with Gasteiger partial charge in [-0.2, -0.15) is 5.06 Å². The number of aromatic hydroxyl groups is 2. The molecule has 1 amide bonds. The largest absolute Gasteiger partial charge is 0.507 e. The van der Waals surface area contributed by atoms with Gasteiger partial charge in [0, 0.05) is 106 Å². The van der Waals surface area contributed by atoms with Gasteiger partial charge >= 0.3 is 5.79 Å². The quantitative estimate of drug-likeness (QED) is 0.179. The smallest absolute Gasteiger partial charge is 0.312 e. The zero-order valence-electron chi connectivity index (χ0n) is 40.3. The highest BCUT2D eigenvalue weighted by atomic mass is 19.1. The second-order valence-electron chi connectivity index (χ2n) is 19.9. The third-order valence-electron chi connectivity index (χ3n) is 14.3. The number of halogens is 1. The molecule has 9 rings (SSSR count). The van der Waals surface area contributed by atoms with Crippen LogP contribution in [-0.2, 0) is 14.4 Å². The number of carbonyl (C=O) groups is 2. The van der Waals surface area contributed by atoms with E-state index in [2.05, 4.69) is 29.0 Å². The zero-order chi connectivity index (χ0) is 48.7. The molecule has 3 aromatic carbocycles. The number of Topliss-reactive ketones (excluding diaryl/α,β-unsaturated/α-hetero) is 1. The summed E-state index contributed by atoms with van der Waals surface area (Å²) in [5.74, 6) is -4.31. The predicted molar refractivity (Wildman–Crippen MR) is 257 cm³/mol. The maximum Gasteiger partial charge on any atom is 0.312 e. The van der Waals surface area contributed by atoms with Crippen molar-refractivity contribution >= 4 is 33.8 Å².